The number of esters is 1. The van der Waals surface area contributed by atoms with Crippen LogP contribution in [0.4, 0.5) is 0 Å². The van der Waals surface area contributed by atoms with E-state index in [4.69, 9.17) is 0 Å². The van der Waals surface area contributed by atoms with E-state index in [0.717, 1.165) is 11.8 Å². The summed E-state index contributed by atoms with van der Waals surface area (Å²) >= 11 is 0. The molecule has 0 aliphatic heterocycles. The lowest BCUT2D eigenvalue weighted by molar-refractivity contribution is -0.136. The molecule has 2 heteroatoms. The number of methoxy groups -OCH3 is 1. The zero-order valence-corrected chi connectivity index (χ0v) is 6.67. The van der Waals surface area contributed by atoms with Crippen molar-refractivity contribution in [3.8, 4) is 0 Å². The van der Waals surface area contributed by atoms with Crippen LogP contribution >= 0.6 is 0 Å². The summed E-state index contributed by atoms with van der Waals surface area (Å²) in [5, 5.41) is 0. The predicted molar refractivity (Wildman–Crippen MR) is 40.9 cm³/mol. The van der Waals surface area contributed by atoms with Crippen LogP contribution in [0.1, 0.15) is 12.8 Å². The van der Waals surface area contributed by atoms with Crippen LogP contribution in [-0.2, 0) is 9.53 Å². The topological polar surface area (TPSA) is 26.3 Å². The van der Waals surface area contributed by atoms with Gasteiger partial charge in [0, 0.05) is 5.57 Å². The third-order valence-corrected chi connectivity index (χ3v) is 3.01. The fraction of sp³-hybridized carbons (Fsp3) is 0.667. The maximum atomic E-state index is 11.0. The minimum absolute atomic E-state index is 0.218. The quantitative estimate of drug-likeness (QED) is 0.441. The molecule has 0 bridgehead atoms. The molecule has 2 aliphatic rings. The van der Waals surface area contributed by atoms with Gasteiger partial charge in [-0.05, 0) is 30.6 Å². The molecular formula is C9H12O2. The predicted octanol–water partition coefficient (Wildman–Crippen LogP) is 1.37. The summed E-state index contributed by atoms with van der Waals surface area (Å²) in [6, 6.07) is 0. The van der Waals surface area contributed by atoms with Crippen LogP contribution in [0.15, 0.2) is 12.2 Å². The Hall–Kier alpha value is -0.790. The van der Waals surface area contributed by atoms with Crippen LogP contribution in [0.5, 0.6) is 0 Å². The van der Waals surface area contributed by atoms with E-state index in [9.17, 15) is 4.79 Å². The number of carbonyl (C=O) groups is 1. The van der Waals surface area contributed by atoms with Crippen LogP contribution in [-0.4, -0.2) is 13.1 Å². The summed E-state index contributed by atoms with van der Waals surface area (Å²) < 4.78 is 4.60. The van der Waals surface area contributed by atoms with Crippen molar-refractivity contribution >= 4 is 5.97 Å². The van der Waals surface area contributed by atoms with Gasteiger partial charge in [-0.3, -0.25) is 0 Å². The van der Waals surface area contributed by atoms with Crippen molar-refractivity contribution in [1.82, 2.24) is 0 Å². The van der Waals surface area contributed by atoms with E-state index >= 15 is 0 Å². The largest absolute Gasteiger partial charge is 0.466 e. The molecule has 2 atom stereocenters. The summed E-state index contributed by atoms with van der Waals surface area (Å²) in [5.74, 6) is 1.81. The van der Waals surface area contributed by atoms with Crippen LogP contribution in [0.2, 0.25) is 0 Å². The Bertz CT molecular complexity index is 210. The average Bonchev–Trinajstić information content (AvgIpc) is 2.49. The zero-order chi connectivity index (χ0) is 8.01. The van der Waals surface area contributed by atoms with Crippen molar-refractivity contribution in [1.29, 1.82) is 0 Å². The lowest BCUT2D eigenvalue weighted by Gasteiger charge is -2.04. The molecule has 0 aromatic carbocycles. The highest BCUT2D eigenvalue weighted by Gasteiger charge is 2.58. The Morgan fingerprint density at radius 2 is 2.00 bits per heavy atom. The van der Waals surface area contributed by atoms with Gasteiger partial charge in [-0.15, -0.1) is 0 Å². The Morgan fingerprint density at radius 1 is 1.45 bits per heavy atom. The molecule has 2 rings (SSSR count). The molecule has 2 unspecified atom stereocenters. The van der Waals surface area contributed by atoms with E-state index < -0.39 is 0 Å². The Morgan fingerprint density at radius 3 is 2.36 bits per heavy atom. The Kier molecular flexibility index (Phi) is 1.31. The summed E-state index contributed by atoms with van der Waals surface area (Å²) in [6.45, 7) is 3.75. The van der Waals surface area contributed by atoms with Crippen molar-refractivity contribution in [3.63, 3.8) is 0 Å². The maximum absolute atomic E-state index is 11.0. The fourth-order valence-electron chi connectivity index (χ4n) is 2.14. The van der Waals surface area contributed by atoms with Crippen LogP contribution in [0.25, 0.3) is 0 Å². The summed E-state index contributed by atoms with van der Waals surface area (Å²) in [5.41, 5.74) is 0.694. The first-order valence-corrected chi connectivity index (χ1v) is 4.03. The highest BCUT2D eigenvalue weighted by atomic mass is 16.5. The van der Waals surface area contributed by atoms with Crippen LogP contribution in [0.3, 0.4) is 0 Å². The fourth-order valence-corrected chi connectivity index (χ4v) is 2.14. The van der Waals surface area contributed by atoms with E-state index in [-0.39, 0.29) is 5.97 Å². The smallest absolute Gasteiger partial charge is 0.333 e. The van der Waals surface area contributed by atoms with Gasteiger partial charge in [0.15, 0.2) is 0 Å². The number of ether oxygens (including phenoxy) is 1. The summed E-state index contributed by atoms with van der Waals surface area (Å²) in [7, 11) is 1.41. The normalized spacial score (nSPS) is 38.5. The molecular weight excluding hydrogens is 140 g/mol. The second-order valence-electron chi connectivity index (χ2n) is 3.45. The van der Waals surface area contributed by atoms with E-state index in [1.54, 1.807) is 0 Å². The molecule has 0 spiro atoms. The molecule has 0 heterocycles. The lowest BCUT2D eigenvalue weighted by atomic mass is 10.0. The Balaban J connectivity index is 1.96. The van der Waals surface area contributed by atoms with Gasteiger partial charge in [0.1, 0.15) is 0 Å². The lowest BCUT2D eigenvalue weighted by Crippen LogP contribution is -2.05. The minimum atomic E-state index is -0.218. The van der Waals surface area contributed by atoms with Gasteiger partial charge in [0.2, 0.25) is 0 Å². The number of fused-ring (bicyclic) bond motifs is 1. The first-order chi connectivity index (χ1) is 5.25. The van der Waals surface area contributed by atoms with Crippen molar-refractivity contribution in [2.45, 2.75) is 12.8 Å². The average molecular weight is 152 g/mol. The third-order valence-electron chi connectivity index (χ3n) is 3.01. The molecule has 0 aromatic heterocycles. The molecule has 60 valence electrons. The van der Waals surface area contributed by atoms with Gasteiger partial charge in [0.25, 0.3) is 0 Å². The molecule has 2 aliphatic carbocycles. The van der Waals surface area contributed by atoms with E-state index in [0.29, 0.717) is 11.5 Å². The van der Waals surface area contributed by atoms with Crippen LogP contribution < -0.4 is 0 Å². The molecule has 11 heavy (non-hydrogen) atoms. The second kappa shape index (κ2) is 2.10. The molecule has 0 amide bonds. The van der Waals surface area contributed by atoms with Crippen LogP contribution in [0, 0.1) is 17.8 Å². The van der Waals surface area contributed by atoms with Crippen molar-refractivity contribution in [3.05, 3.63) is 12.2 Å². The van der Waals surface area contributed by atoms with Crippen molar-refractivity contribution < 1.29 is 9.53 Å². The first kappa shape index (κ1) is 6.89. The van der Waals surface area contributed by atoms with Gasteiger partial charge >= 0.3 is 5.97 Å². The molecule has 0 aromatic rings. The highest BCUT2D eigenvalue weighted by molar-refractivity contribution is 5.89. The van der Waals surface area contributed by atoms with Crippen molar-refractivity contribution in [2.24, 2.45) is 17.8 Å². The van der Waals surface area contributed by atoms with Gasteiger partial charge < -0.3 is 4.74 Å². The summed E-state index contributed by atoms with van der Waals surface area (Å²) in [6.07, 6.45) is 2.57. The van der Waals surface area contributed by atoms with Gasteiger partial charge in [-0.2, -0.15) is 0 Å². The molecule has 2 fully saturated rings. The summed E-state index contributed by atoms with van der Waals surface area (Å²) in [4.78, 5) is 11.0. The SMILES string of the molecule is C=C(C(=O)OC)C1C2CCC21. The van der Waals surface area contributed by atoms with Gasteiger partial charge in [0.05, 0.1) is 7.11 Å². The Labute approximate surface area is 66.2 Å². The molecule has 2 saturated carbocycles. The number of hydrogen-bond donors (Lipinski definition) is 0. The number of rotatable bonds is 2. The van der Waals surface area contributed by atoms with E-state index in [1.807, 2.05) is 0 Å². The molecule has 0 radical (unpaired) electrons. The number of hydrogen-bond acceptors (Lipinski definition) is 2. The minimum Gasteiger partial charge on any atom is -0.466 e. The first-order valence-electron chi connectivity index (χ1n) is 4.03. The highest BCUT2D eigenvalue weighted by Crippen LogP contribution is 2.63. The zero-order valence-electron chi connectivity index (χ0n) is 6.67. The maximum Gasteiger partial charge on any atom is 0.333 e. The standard InChI is InChI=1S/C9H12O2/c1-5(9(10)11-2)8-6-3-4-7(6)8/h6-8H,1,3-4H2,2H3. The van der Waals surface area contributed by atoms with E-state index in [2.05, 4.69) is 11.3 Å². The second-order valence-corrected chi connectivity index (χ2v) is 3.45. The van der Waals surface area contributed by atoms with Crippen molar-refractivity contribution in [2.75, 3.05) is 7.11 Å². The van der Waals surface area contributed by atoms with E-state index in [1.165, 1.54) is 20.0 Å². The number of carbonyl (C=O) groups excluding carboxylic acids is 1. The van der Waals surface area contributed by atoms with Gasteiger partial charge in [-0.1, -0.05) is 6.58 Å². The van der Waals surface area contributed by atoms with Gasteiger partial charge in [-0.25, -0.2) is 4.79 Å². The third kappa shape index (κ3) is 0.817. The molecule has 0 saturated heterocycles. The monoisotopic (exact) mass is 152 g/mol. The molecule has 2 nitrogen and oxygen atoms in total. The molecule has 0 N–H and O–H groups in total.